The summed E-state index contributed by atoms with van der Waals surface area (Å²) in [6.45, 7) is 4.55. The molecule has 0 spiro atoms. The van der Waals surface area contributed by atoms with Crippen molar-refractivity contribution in [3.8, 4) is 0 Å². The lowest BCUT2D eigenvalue weighted by Crippen LogP contribution is -2.04. The topological polar surface area (TPSA) is 56.7 Å². The van der Waals surface area contributed by atoms with Gasteiger partial charge in [0.15, 0.2) is 0 Å². The highest BCUT2D eigenvalue weighted by Gasteiger charge is 2.02. The van der Waals surface area contributed by atoms with E-state index in [1.165, 1.54) is 0 Å². The van der Waals surface area contributed by atoms with Crippen molar-refractivity contribution >= 4 is 0 Å². The minimum absolute atomic E-state index is 0.725. The Morgan fingerprint density at radius 1 is 1.36 bits per heavy atom. The highest BCUT2D eigenvalue weighted by Crippen LogP contribution is 2.03. The lowest BCUT2D eigenvalue weighted by atomic mass is 10.3. The molecule has 0 aliphatic heterocycles. The van der Waals surface area contributed by atoms with Crippen LogP contribution in [-0.4, -0.2) is 20.2 Å². The van der Waals surface area contributed by atoms with Gasteiger partial charge in [-0.15, -0.1) is 0 Å². The second-order valence-electron chi connectivity index (χ2n) is 3.27. The molecule has 2 rings (SSSR count). The average molecular weight is 192 g/mol. The summed E-state index contributed by atoms with van der Waals surface area (Å²) in [5.74, 6) is 0.873. The molecule has 0 fully saturated rings. The molecule has 5 heteroatoms. The largest absolute Gasteiger partial charge is 0.361 e. The molecular formula is C9H12N4O. The maximum absolute atomic E-state index is 5.07. The van der Waals surface area contributed by atoms with Crippen molar-refractivity contribution in [2.75, 3.05) is 0 Å². The molecule has 0 radical (unpaired) electrons. The normalized spacial score (nSPS) is 10.7. The van der Waals surface area contributed by atoms with Gasteiger partial charge in [-0.2, -0.15) is 15.0 Å². The van der Waals surface area contributed by atoms with Crippen LogP contribution in [0.1, 0.15) is 17.1 Å². The molecule has 0 aliphatic carbocycles. The van der Waals surface area contributed by atoms with Gasteiger partial charge in [-0.3, -0.25) is 0 Å². The zero-order valence-corrected chi connectivity index (χ0v) is 8.27. The van der Waals surface area contributed by atoms with Gasteiger partial charge in [-0.1, -0.05) is 5.16 Å². The van der Waals surface area contributed by atoms with Gasteiger partial charge in [0.2, 0.25) is 0 Å². The van der Waals surface area contributed by atoms with E-state index >= 15 is 0 Å². The zero-order valence-electron chi connectivity index (χ0n) is 8.27. The fraction of sp³-hybridized carbons (Fsp3) is 0.444. The van der Waals surface area contributed by atoms with Crippen molar-refractivity contribution in [1.29, 1.82) is 0 Å². The Morgan fingerprint density at radius 3 is 2.79 bits per heavy atom. The minimum Gasteiger partial charge on any atom is -0.361 e. The maximum atomic E-state index is 5.07. The molecule has 2 heterocycles. The number of nitrogens with zero attached hydrogens (tertiary/aromatic N) is 4. The monoisotopic (exact) mass is 192 g/mol. The van der Waals surface area contributed by atoms with Crippen LogP contribution in [0.3, 0.4) is 0 Å². The Labute approximate surface area is 81.7 Å². The van der Waals surface area contributed by atoms with Gasteiger partial charge in [0.25, 0.3) is 0 Å². The Hall–Kier alpha value is -1.65. The second kappa shape index (κ2) is 3.61. The van der Waals surface area contributed by atoms with E-state index in [0.717, 1.165) is 30.1 Å². The Morgan fingerprint density at radius 2 is 2.21 bits per heavy atom. The lowest BCUT2D eigenvalue weighted by molar-refractivity contribution is 0.366. The van der Waals surface area contributed by atoms with Gasteiger partial charge in [0.1, 0.15) is 5.76 Å². The molecule has 5 nitrogen and oxygen atoms in total. The summed E-state index contributed by atoms with van der Waals surface area (Å²) in [6.07, 6.45) is 2.51. The molecule has 14 heavy (non-hydrogen) atoms. The molecule has 0 aliphatic rings. The van der Waals surface area contributed by atoms with E-state index in [9.17, 15) is 0 Å². The first-order valence-corrected chi connectivity index (χ1v) is 4.53. The molecule has 0 saturated heterocycles. The molecule has 0 bridgehead atoms. The standard InChI is InChI=1S/C9H12N4O/c1-7-5-9(14-12-7)3-4-13-10-6-8(2)11-13/h5-6H,3-4H2,1-2H3. The van der Waals surface area contributed by atoms with E-state index in [0.29, 0.717) is 0 Å². The fourth-order valence-electron chi connectivity index (χ4n) is 1.24. The van der Waals surface area contributed by atoms with E-state index in [1.807, 2.05) is 19.9 Å². The highest BCUT2D eigenvalue weighted by molar-refractivity contribution is 5.02. The molecule has 74 valence electrons. The smallest absolute Gasteiger partial charge is 0.138 e. The molecule has 0 aromatic carbocycles. The summed E-state index contributed by atoms with van der Waals surface area (Å²) in [7, 11) is 0. The van der Waals surface area contributed by atoms with E-state index in [4.69, 9.17) is 4.52 Å². The van der Waals surface area contributed by atoms with Crippen LogP contribution in [0.2, 0.25) is 0 Å². The van der Waals surface area contributed by atoms with Crippen molar-refractivity contribution < 1.29 is 4.52 Å². The first kappa shape index (κ1) is 8.93. The van der Waals surface area contributed by atoms with Crippen LogP contribution in [0, 0.1) is 13.8 Å². The Balaban J connectivity index is 1.94. The number of aromatic nitrogens is 4. The number of hydrogen-bond donors (Lipinski definition) is 0. The van der Waals surface area contributed by atoms with Crippen molar-refractivity contribution in [2.45, 2.75) is 26.8 Å². The second-order valence-corrected chi connectivity index (χ2v) is 3.27. The predicted octanol–water partition coefficient (Wildman–Crippen LogP) is 1.13. The van der Waals surface area contributed by atoms with Crippen LogP contribution in [-0.2, 0) is 13.0 Å². The van der Waals surface area contributed by atoms with Crippen LogP contribution in [0.5, 0.6) is 0 Å². The van der Waals surface area contributed by atoms with Crippen LogP contribution in [0.25, 0.3) is 0 Å². The first-order chi connectivity index (χ1) is 6.74. The van der Waals surface area contributed by atoms with Crippen molar-refractivity contribution in [3.05, 3.63) is 29.4 Å². The minimum atomic E-state index is 0.725. The van der Waals surface area contributed by atoms with Gasteiger partial charge in [0.05, 0.1) is 24.1 Å². The van der Waals surface area contributed by atoms with Crippen molar-refractivity contribution in [1.82, 2.24) is 20.2 Å². The van der Waals surface area contributed by atoms with E-state index in [-0.39, 0.29) is 0 Å². The Kier molecular flexibility index (Phi) is 2.30. The number of aryl methyl sites for hydroxylation is 4. The van der Waals surface area contributed by atoms with Gasteiger partial charge in [-0.05, 0) is 13.8 Å². The molecule has 2 aromatic rings. The van der Waals surface area contributed by atoms with Crippen LogP contribution >= 0.6 is 0 Å². The third-order valence-corrected chi connectivity index (χ3v) is 1.89. The number of hydrogen-bond acceptors (Lipinski definition) is 4. The maximum Gasteiger partial charge on any atom is 0.138 e. The highest BCUT2D eigenvalue weighted by atomic mass is 16.5. The molecule has 0 saturated carbocycles. The van der Waals surface area contributed by atoms with E-state index in [1.54, 1.807) is 11.0 Å². The van der Waals surface area contributed by atoms with Gasteiger partial charge in [-0.25, -0.2) is 0 Å². The summed E-state index contributed by atoms with van der Waals surface area (Å²) in [4.78, 5) is 1.66. The third-order valence-electron chi connectivity index (χ3n) is 1.89. The average Bonchev–Trinajstić information content (AvgIpc) is 2.72. The van der Waals surface area contributed by atoms with E-state index < -0.39 is 0 Å². The summed E-state index contributed by atoms with van der Waals surface area (Å²) < 4.78 is 5.07. The van der Waals surface area contributed by atoms with Crippen molar-refractivity contribution in [2.24, 2.45) is 0 Å². The summed E-state index contributed by atoms with van der Waals surface area (Å²) in [6, 6.07) is 1.93. The molecule has 2 aromatic heterocycles. The fourth-order valence-corrected chi connectivity index (χ4v) is 1.24. The van der Waals surface area contributed by atoms with Gasteiger partial charge in [0, 0.05) is 12.5 Å². The molecular weight excluding hydrogens is 180 g/mol. The summed E-state index contributed by atoms with van der Waals surface area (Å²) >= 11 is 0. The molecule has 0 amide bonds. The number of rotatable bonds is 3. The van der Waals surface area contributed by atoms with Gasteiger partial charge < -0.3 is 4.52 Å². The van der Waals surface area contributed by atoms with E-state index in [2.05, 4.69) is 15.4 Å². The van der Waals surface area contributed by atoms with Gasteiger partial charge >= 0.3 is 0 Å². The predicted molar refractivity (Wildman–Crippen MR) is 49.7 cm³/mol. The van der Waals surface area contributed by atoms with Crippen LogP contribution in [0.4, 0.5) is 0 Å². The zero-order chi connectivity index (χ0) is 9.97. The first-order valence-electron chi connectivity index (χ1n) is 4.53. The summed E-state index contributed by atoms with van der Waals surface area (Å²) in [5.41, 5.74) is 1.84. The van der Waals surface area contributed by atoms with Crippen LogP contribution < -0.4 is 0 Å². The SMILES string of the molecule is Cc1cc(CCn2ncc(C)n2)on1. The lowest BCUT2D eigenvalue weighted by Gasteiger charge is -1.95. The summed E-state index contributed by atoms with van der Waals surface area (Å²) in [5, 5.41) is 12.1. The van der Waals surface area contributed by atoms with Crippen molar-refractivity contribution in [3.63, 3.8) is 0 Å². The molecule has 0 unspecified atom stereocenters. The molecule has 0 N–H and O–H groups in total. The van der Waals surface area contributed by atoms with Crippen LogP contribution in [0.15, 0.2) is 16.8 Å². The molecule has 0 atom stereocenters. The Bertz CT molecular complexity index is 378. The third kappa shape index (κ3) is 1.99. The quantitative estimate of drug-likeness (QED) is 0.731.